The van der Waals surface area contributed by atoms with Crippen LogP contribution in [0.1, 0.15) is 24.1 Å². The highest BCUT2D eigenvalue weighted by molar-refractivity contribution is 5.53. The highest BCUT2D eigenvalue weighted by Gasteiger charge is 2.55. The molecule has 4 nitrogen and oxygen atoms in total. The summed E-state index contributed by atoms with van der Waals surface area (Å²) < 4.78 is 77.0. The Labute approximate surface area is 138 Å². The Morgan fingerprint density at radius 3 is 2.56 bits per heavy atom. The fourth-order valence-electron chi connectivity index (χ4n) is 3.45. The summed E-state index contributed by atoms with van der Waals surface area (Å²) in [5.74, 6) is 0.0254. The van der Waals surface area contributed by atoms with Crippen LogP contribution in [0.15, 0.2) is 12.3 Å². The number of hydrogen-bond acceptors (Lipinski definition) is 4. The normalized spacial score (nSPS) is 27.0. The number of halogens is 6. The molecule has 1 N–H and O–H groups in total. The number of aliphatic hydroxyl groups is 1. The maximum Gasteiger partial charge on any atom is 0.419 e. The van der Waals surface area contributed by atoms with Crippen molar-refractivity contribution in [3.8, 4) is 6.07 Å². The fraction of sp³-hybridized carbons (Fsp3) is 0.600. The Morgan fingerprint density at radius 1 is 1.32 bits per heavy atom. The van der Waals surface area contributed by atoms with Gasteiger partial charge in [0.05, 0.1) is 17.4 Å². The van der Waals surface area contributed by atoms with Crippen LogP contribution in [-0.2, 0) is 6.18 Å². The van der Waals surface area contributed by atoms with Crippen LogP contribution < -0.4 is 4.90 Å². The molecule has 0 aromatic carbocycles. The standard InChI is InChI=1S/C15H13F6N3O/c16-14(17,18)10-2-8(5-23-11(10)4-22)24-6-7-1-9(7)12(24)3-13(25)15(19,20)21/h2,5,7,9,12-13,25H,1,3,6H2/t7-,9-,12-,13?/m0/s1. The maximum absolute atomic E-state index is 13.1. The summed E-state index contributed by atoms with van der Waals surface area (Å²) in [7, 11) is 0. The van der Waals surface area contributed by atoms with Gasteiger partial charge in [-0.05, 0) is 24.3 Å². The van der Waals surface area contributed by atoms with Gasteiger partial charge in [-0.25, -0.2) is 4.98 Å². The van der Waals surface area contributed by atoms with Crippen molar-refractivity contribution in [3.63, 3.8) is 0 Å². The molecule has 1 aromatic heterocycles. The molecule has 1 aromatic rings. The highest BCUT2D eigenvalue weighted by Crippen LogP contribution is 2.52. The van der Waals surface area contributed by atoms with E-state index in [2.05, 4.69) is 4.98 Å². The second-order valence-electron chi connectivity index (χ2n) is 6.37. The second kappa shape index (κ2) is 5.76. The van der Waals surface area contributed by atoms with Crippen LogP contribution in [-0.4, -0.2) is 35.0 Å². The van der Waals surface area contributed by atoms with Gasteiger partial charge in [0.2, 0.25) is 0 Å². The Balaban J connectivity index is 1.89. The number of alkyl halides is 6. The summed E-state index contributed by atoms with van der Waals surface area (Å²) in [6, 6.07) is 1.39. The van der Waals surface area contributed by atoms with E-state index in [1.807, 2.05) is 0 Å². The molecule has 1 unspecified atom stereocenters. The van der Waals surface area contributed by atoms with Crippen LogP contribution in [0.25, 0.3) is 0 Å². The predicted molar refractivity (Wildman–Crippen MR) is 73.4 cm³/mol. The van der Waals surface area contributed by atoms with Gasteiger partial charge in [0.25, 0.3) is 0 Å². The molecule has 1 aliphatic carbocycles. The minimum atomic E-state index is -4.79. The third-order valence-corrected chi connectivity index (χ3v) is 4.76. The Bertz CT molecular complexity index is 711. The SMILES string of the molecule is N#Cc1ncc(N2C[C@@H]3C[C@@H]3[C@@H]2CC(O)C(F)(F)F)cc1C(F)(F)F. The number of fused-ring (bicyclic) bond motifs is 1. The van der Waals surface area contributed by atoms with Gasteiger partial charge in [-0.15, -0.1) is 0 Å². The van der Waals surface area contributed by atoms with Crippen molar-refractivity contribution in [1.29, 1.82) is 5.26 Å². The zero-order chi connectivity index (χ0) is 18.6. The molecule has 4 atom stereocenters. The van der Waals surface area contributed by atoms with Crippen molar-refractivity contribution in [1.82, 2.24) is 4.98 Å². The molecule has 1 saturated heterocycles. The van der Waals surface area contributed by atoms with E-state index >= 15 is 0 Å². The Hall–Kier alpha value is -2.02. The van der Waals surface area contributed by atoms with Crippen molar-refractivity contribution in [2.45, 2.75) is 37.3 Å². The topological polar surface area (TPSA) is 60.2 Å². The van der Waals surface area contributed by atoms with Crippen LogP contribution in [0.3, 0.4) is 0 Å². The average Bonchev–Trinajstić information content (AvgIpc) is 3.19. The van der Waals surface area contributed by atoms with Gasteiger partial charge in [-0.2, -0.15) is 31.6 Å². The lowest BCUT2D eigenvalue weighted by Gasteiger charge is -2.31. The number of pyridine rings is 1. The van der Waals surface area contributed by atoms with Gasteiger partial charge >= 0.3 is 12.4 Å². The molecule has 10 heteroatoms. The van der Waals surface area contributed by atoms with Gasteiger partial charge in [-0.1, -0.05) is 0 Å². The van der Waals surface area contributed by atoms with Crippen LogP contribution >= 0.6 is 0 Å². The van der Waals surface area contributed by atoms with Crippen molar-refractivity contribution >= 4 is 5.69 Å². The van der Waals surface area contributed by atoms with E-state index in [1.165, 1.54) is 11.0 Å². The maximum atomic E-state index is 13.1. The minimum Gasteiger partial charge on any atom is -0.384 e. The van der Waals surface area contributed by atoms with E-state index in [-0.39, 0.29) is 17.5 Å². The van der Waals surface area contributed by atoms with Gasteiger partial charge < -0.3 is 10.0 Å². The van der Waals surface area contributed by atoms with Crippen molar-refractivity contribution in [2.24, 2.45) is 11.8 Å². The third kappa shape index (κ3) is 3.38. The van der Waals surface area contributed by atoms with E-state index in [4.69, 9.17) is 5.26 Å². The molecule has 2 aliphatic rings. The number of anilines is 1. The molecule has 2 heterocycles. The van der Waals surface area contributed by atoms with Crippen molar-refractivity contribution in [2.75, 3.05) is 11.4 Å². The molecule has 3 rings (SSSR count). The van der Waals surface area contributed by atoms with E-state index in [9.17, 15) is 31.4 Å². The highest BCUT2D eigenvalue weighted by atomic mass is 19.4. The van der Waals surface area contributed by atoms with E-state index in [0.717, 1.165) is 12.3 Å². The lowest BCUT2D eigenvalue weighted by Crippen LogP contribution is -2.40. The monoisotopic (exact) mass is 365 g/mol. The Morgan fingerprint density at radius 2 is 2.00 bits per heavy atom. The molecule has 2 fully saturated rings. The number of rotatable bonds is 3. The van der Waals surface area contributed by atoms with Gasteiger partial charge in [0.15, 0.2) is 11.8 Å². The summed E-state index contributed by atoms with van der Waals surface area (Å²) in [5.41, 5.74) is -1.99. The predicted octanol–water partition coefficient (Wildman–Crippen LogP) is 3.11. The first-order valence-electron chi connectivity index (χ1n) is 7.51. The zero-order valence-electron chi connectivity index (χ0n) is 12.6. The molecule has 136 valence electrons. The van der Waals surface area contributed by atoms with E-state index in [0.29, 0.717) is 13.0 Å². The molecule has 1 aliphatic heterocycles. The summed E-state index contributed by atoms with van der Waals surface area (Å²) in [6.07, 6.45) is -11.0. The Kier molecular flexibility index (Phi) is 4.10. The van der Waals surface area contributed by atoms with E-state index in [1.54, 1.807) is 0 Å². The smallest absolute Gasteiger partial charge is 0.384 e. The van der Waals surface area contributed by atoms with Crippen molar-refractivity contribution in [3.05, 3.63) is 23.5 Å². The molecule has 1 saturated carbocycles. The molecule has 0 bridgehead atoms. The summed E-state index contributed by atoms with van der Waals surface area (Å²) >= 11 is 0. The zero-order valence-corrected chi connectivity index (χ0v) is 12.6. The summed E-state index contributed by atoms with van der Waals surface area (Å²) in [5, 5.41) is 18.1. The van der Waals surface area contributed by atoms with Crippen LogP contribution in [0.5, 0.6) is 0 Å². The summed E-state index contributed by atoms with van der Waals surface area (Å²) in [4.78, 5) is 4.93. The molecule has 0 amide bonds. The van der Waals surface area contributed by atoms with Gasteiger partial charge in [0, 0.05) is 19.0 Å². The third-order valence-electron chi connectivity index (χ3n) is 4.76. The van der Waals surface area contributed by atoms with Crippen LogP contribution in [0, 0.1) is 23.2 Å². The number of aromatic nitrogens is 1. The average molecular weight is 365 g/mol. The molecular weight excluding hydrogens is 352 g/mol. The number of nitriles is 1. The minimum absolute atomic E-state index is 0.0119. The van der Waals surface area contributed by atoms with Crippen LogP contribution in [0.2, 0.25) is 0 Å². The second-order valence-corrected chi connectivity index (χ2v) is 6.37. The van der Waals surface area contributed by atoms with Crippen LogP contribution in [0.4, 0.5) is 32.0 Å². The summed E-state index contributed by atoms with van der Waals surface area (Å²) in [6.45, 7) is 0.310. The largest absolute Gasteiger partial charge is 0.419 e. The lowest BCUT2D eigenvalue weighted by atomic mass is 10.0. The first-order chi connectivity index (χ1) is 11.5. The van der Waals surface area contributed by atoms with E-state index < -0.39 is 42.2 Å². The van der Waals surface area contributed by atoms with Gasteiger partial charge in [-0.3, -0.25) is 0 Å². The number of piperidine rings is 1. The molecular formula is C15H13F6N3O. The number of hydrogen-bond donors (Lipinski definition) is 1. The lowest BCUT2D eigenvalue weighted by molar-refractivity contribution is -0.206. The number of nitrogens with zero attached hydrogens (tertiary/aromatic N) is 3. The molecule has 25 heavy (non-hydrogen) atoms. The van der Waals surface area contributed by atoms with Crippen molar-refractivity contribution < 1.29 is 31.4 Å². The molecule has 0 spiro atoms. The first kappa shape index (κ1) is 17.8. The quantitative estimate of drug-likeness (QED) is 0.837. The fourth-order valence-corrected chi connectivity index (χ4v) is 3.45. The first-order valence-corrected chi connectivity index (χ1v) is 7.51. The number of aliphatic hydroxyl groups excluding tert-OH is 1. The molecule has 0 radical (unpaired) electrons. The van der Waals surface area contributed by atoms with Gasteiger partial charge in [0.1, 0.15) is 6.07 Å².